The molecule has 1 aromatic heterocycles. The second-order valence-corrected chi connectivity index (χ2v) is 8.86. The minimum Gasteiger partial charge on any atom is -0.327 e. The fraction of sp³-hybridized carbons (Fsp3) is 0.350. The van der Waals surface area contributed by atoms with Crippen molar-refractivity contribution in [2.75, 3.05) is 14.1 Å². The third-order valence-corrected chi connectivity index (χ3v) is 6.32. The van der Waals surface area contributed by atoms with Gasteiger partial charge in [0, 0.05) is 27.2 Å². The van der Waals surface area contributed by atoms with Gasteiger partial charge >= 0.3 is 0 Å². The van der Waals surface area contributed by atoms with E-state index in [1.165, 1.54) is 18.4 Å². The molecule has 0 amide bonds. The van der Waals surface area contributed by atoms with Gasteiger partial charge in [-0.1, -0.05) is 31.2 Å². The Labute approximate surface area is 160 Å². The number of hydrogen-bond acceptors (Lipinski definition) is 4. The Morgan fingerprint density at radius 3 is 2.41 bits per heavy atom. The number of hydrogen-bond donors (Lipinski definition) is 1. The van der Waals surface area contributed by atoms with Crippen LogP contribution in [0.1, 0.15) is 24.7 Å². The highest BCUT2D eigenvalue weighted by atomic mass is 32.2. The molecule has 0 aliphatic rings. The molecule has 2 aromatic carbocycles. The molecule has 0 aliphatic carbocycles. The predicted octanol–water partition coefficient (Wildman–Crippen LogP) is 2.99. The fourth-order valence-corrected chi connectivity index (χ4v) is 3.94. The Hall–Kier alpha value is -2.22. The maximum absolute atomic E-state index is 12.1. The van der Waals surface area contributed by atoms with Gasteiger partial charge in [0.25, 0.3) is 0 Å². The van der Waals surface area contributed by atoms with Crippen molar-refractivity contribution >= 4 is 21.1 Å². The molecule has 0 aliphatic heterocycles. The van der Waals surface area contributed by atoms with Crippen molar-refractivity contribution in [3.63, 3.8) is 0 Å². The van der Waals surface area contributed by atoms with Gasteiger partial charge in [0.05, 0.1) is 22.5 Å². The summed E-state index contributed by atoms with van der Waals surface area (Å²) in [5.41, 5.74) is 3.21. The van der Waals surface area contributed by atoms with Crippen LogP contribution < -0.4 is 5.32 Å². The lowest BCUT2D eigenvalue weighted by atomic mass is 10.2. The predicted molar refractivity (Wildman–Crippen MR) is 108 cm³/mol. The van der Waals surface area contributed by atoms with E-state index in [1.807, 2.05) is 30.3 Å². The fourth-order valence-electron chi connectivity index (χ4n) is 3.04. The van der Waals surface area contributed by atoms with E-state index in [0.29, 0.717) is 18.0 Å². The van der Waals surface area contributed by atoms with Crippen LogP contribution in [0.25, 0.3) is 11.0 Å². The number of aromatic nitrogens is 2. The minimum atomic E-state index is -3.38. The monoisotopic (exact) mass is 386 g/mol. The van der Waals surface area contributed by atoms with Crippen LogP contribution in [0.5, 0.6) is 0 Å². The van der Waals surface area contributed by atoms with Crippen molar-refractivity contribution in [3.05, 3.63) is 59.9 Å². The standard InChI is InChI=1S/C20H26N4O2S/c1-4-13-24-19-8-6-5-7-18(19)22-20(24)15-21-14-16-9-11-17(12-10-16)27(25,26)23(2)3/h5-12,21H,4,13-15H2,1-3H3. The largest absolute Gasteiger partial charge is 0.327 e. The van der Waals surface area contributed by atoms with Gasteiger partial charge in [-0.25, -0.2) is 17.7 Å². The molecule has 0 unspecified atom stereocenters. The third kappa shape index (κ3) is 4.21. The first-order valence-corrected chi connectivity index (χ1v) is 10.5. The van der Waals surface area contributed by atoms with Gasteiger partial charge in [-0.2, -0.15) is 0 Å². The molecular weight excluding hydrogens is 360 g/mol. The summed E-state index contributed by atoms with van der Waals surface area (Å²) in [4.78, 5) is 5.05. The number of sulfonamides is 1. The van der Waals surface area contributed by atoms with Crippen LogP contribution in [0, 0.1) is 0 Å². The number of benzene rings is 2. The number of nitrogens with one attached hydrogen (secondary N) is 1. The summed E-state index contributed by atoms with van der Waals surface area (Å²) in [6.07, 6.45) is 1.05. The molecular formula is C20H26N4O2S. The maximum Gasteiger partial charge on any atom is 0.242 e. The first-order chi connectivity index (χ1) is 12.9. The molecule has 144 valence electrons. The molecule has 0 fully saturated rings. The second-order valence-electron chi connectivity index (χ2n) is 6.70. The topological polar surface area (TPSA) is 67.2 Å². The van der Waals surface area contributed by atoms with Gasteiger partial charge in [0.15, 0.2) is 0 Å². The summed E-state index contributed by atoms with van der Waals surface area (Å²) in [6.45, 7) is 4.41. The number of para-hydroxylation sites is 2. The van der Waals surface area contributed by atoms with Crippen molar-refractivity contribution in [3.8, 4) is 0 Å². The molecule has 6 nitrogen and oxygen atoms in total. The lowest BCUT2D eigenvalue weighted by Gasteiger charge is -2.12. The zero-order valence-electron chi connectivity index (χ0n) is 16.0. The minimum absolute atomic E-state index is 0.306. The molecule has 0 saturated carbocycles. The summed E-state index contributed by atoms with van der Waals surface area (Å²) in [5, 5.41) is 3.42. The van der Waals surface area contributed by atoms with Crippen LogP contribution in [0.4, 0.5) is 0 Å². The van der Waals surface area contributed by atoms with Crippen LogP contribution in [-0.4, -0.2) is 36.4 Å². The molecule has 27 heavy (non-hydrogen) atoms. The molecule has 0 atom stereocenters. The van der Waals surface area contributed by atoms with Gasteiger partial charge in [0.1, 0.15) is 5.82 Å². The van der Waals surface area contributed by atoms with Crippen molar-refractivity contribution < 1.29 is 8.42 Å². The van der Waals surface area contributed by atoms with E-state index in [4.69, 9.17) is 4.98 Å². The quantitative estimate of drug-likeness (QED) is 0.646. The van der Waals surface area contributed by atoms with E-state index in [2.05, 4.69) is 22.9 Å². The van der Waals surface area contributed by atoms with E-state index in [0.717, 1.165) is 35.4 Å². The Kier molecular flexibility index (Phi) is 5.94. The Morgan fingerprint density at radius 1 is 1.04 bits per heavy atom. The molecule has 3 aromatic rings. The SMILES string of the molecule is CCCn1c(CNCc2ccc(S(=O)(=O)N(C)C)cc2)nc2ccccc21. The Balaban J connectivity index is 1.68. The van der Waals surface area contributed by atoms with Gasteiger partial charge in [-0.15, -0.1) is 0 Å². The molecule has 0 radical (unpaired) electrons. The highest BCUT2D eigenvalue weighted by molar-refractivity contribution is 7.89. The molecule has 3 rings (SSSR count). The van der Waals surface area contributed by atoms with E-state index in [9.17, 15) is 8.42 Å². The summed E-state index contributed by atoms with van der Waals surface area (Å²) >= 11 is 0. The lowest BCUT2D eigenvalue weighted by Crippen LogP contribution is -2.22. The lowest BCUT2D eigenvalue weighted by molar-refractivity contribution is 0.520. The number of aryl methyl sites for hydroxylation is 1. The number of nitrogens with zero attached hydrogens (tertiary/aromatic N) is 3. The highest BCUT2D eigenvalue weighted by Gasteiger charge is 2.16. The van der Waals surface area contributed by atoms with E-state index < -0.39 is 10.0 Å². The van der Waals surface area contributed by atoms with Crippen LogP contribution in [0.2, 0.25) is 0 Å². The van der Waals surface area contributed by atoms with E-state index in [1.54, 1.807) is 12.1 Å². The van der Waals surface area contributed by atoms with Crippen LogP contribution in [0.3, 0.4) is 0 Å². The highest BCUT2D eigenvalue weighted by Crippen LogP contribution is 2.17. The summed E-state index contributed by atoms with van der Waals surface area (Å²) in [5.74, 6) is 1.02. The average molecular weight is 387 g/mol. The van der Waals surface area contributed by atoms with E-state index in [-0.39, 0.29) is 0 Å². The van der Waals surface area contributed by atoms with Gasteiger partial charge < -0.3 is 9.88 Å². The van der Waals surface area contributed by atoms with Crippen molar-refractivity contribution in [1.82, 2.24) is 19.2 Å². The van der Waals surface area contributed by atoms with Crippen molar-refractivity contribution in [2.24, 2.45) is 0 Å². The molecule has 0 spiro atoms. The van der Waals surface area contributed by atoms with Crippen LogP contribution in [0.15, 0.2) is 53.4 Å². The van der Waals surface area contributed by atoms with Gasteiger partial charge in [0.2, 0.25) is 10.0 Å². The van der Waals surface area contributed by atoms with Gasteiger partial charge in [-0.3, -0.25) is 0 Å². The summed E-state index contributed by atoms with van der Waals surface area (Å²) in [7, 11) is -0.315. The number of imidazole rings is 1. The summed E-state index contributed by atoms with van der Waals surface area (Å²) in [6, 6.07) is 15.2. The summed E-state index contributed by atoms with van der Waals surface area (Å²) < 4.78 is 27.7. The zero-order chi connectivity index (χ0) is 19.4. The Morgan fingerprint density at radius 2 is 1.74 bits per heavy atom. The average Bonchev–Trinajstić information content (AvgIpc) is 3.00. The molecule has 0 saturated heterocycles. The normalized spacial score (nSPS) is 12.1. The Bertz CT molecular complexity index is 1010. The molecule has 1 N–H and O–H groups in total. The molecule has 1 heterocycles. The number of fused-ring (bicyclic) bond motifs is 1. The van der Waals surface area contributed by atoms with Gasteiger partial charge in [-0.05, 0) is 36.2 Å². The van der Waals surface area contributed by atoms with Crippen molar-refractivity contribution in [2.45, 2.75) is 37.9 Å². The maximum atomic E-state index is 12.1. The number of rotatable bonds is 8. The second kappa shape index (κ2) is 8.21. The first kappa shape index (κ1) is 19.5. The molecule has 0 bridgehead atoms. The first-order valence-electron chi connectivity index (χ1n) is 9.10. The van der Waals surface area contributed by atoms with Crippen LogP contribution in [-0.2, 0) is 29.7 Å². The van der Waals surface area contributed by atoms with Crippen molar-refractivity contribution in [1.29, 1.82) is 0 Å². The zero-order valence-corrected chi connectivity index (χ0v) is 16.8. The molecule has 7 heteroatoms. The van der Waals surface area contributed by atoms with E-state index >= 15 is 0 Å². The third-order valence-electron chi connectivity index (χ3n) is 4.49. The van der Waals surface area contributed by atoms with Crippen LogP contribution >= 0.6 is 0 Å². The smallest absolute Gasteiger partial charge is 0.242 e.